The van der Waals surface area contributed by atoms with E-state index in [1.165, 1.54) is 15.6 Å². The molecule has 0 radical (unpaired) electrons. The van der Waals surface area contributed by atoms with Crippen LogP contribution in [0.4, 0.5) is 5.69 Å². The van der Waals surface area contributed by atoms with Crippen LogP contribution in [0.5, 0.6) is 11.5 Å². The van der Waals surface area contributed by atoms with Gasteiger partial charge < -0.3 is 14.8 Å². The molecule has 0 fully saturated rings. The van der Waals surface area contributed by atoms with Crippen LogP contribution in [-0.2, 0) is 11.3 Å². The van der Waals surface area contributed by atoms with Crippen molar-refractivity contribution in [3.63, 3.8) is 0 Å². The fraction of sp³-hybridized carbons (Fsp3) is 0.227. The van der Waals surface area contributed by atoms with E-state index in [9.17, 15) is 9.59 Å². The van der Waals surface area contributed by atoms with E-state index < -0.39 is 5.56 Å². The number of rotatable bonds is 4. The number of ether oxygens (including phenoxy) is 2. The molecule has 1 aliphatic heterocycles. The predicted molar refractivity (Wildman–Crippen MR) is 116 cm³/mol. The van der Waals surface area contributed by atoms with Crippen LogP contribution in [-0.4, -0.2) is 43.7 Å². The van der Waals surface area contributed by atoms with Crippen LogP contribution in [0.2, 0.25) is 0 Å². The van der Waals surface area contributed by atoms with Gasteiger partial charge in [0.2, 0.25) is 5.91 Å². The van der Waals surface area contributed by atoms with Gasteiger partial charge >= 0.3 is 0 Å². The van der Waals surface area contributed by atoms with E-state index in [-0.39, 0.29) is 18.0 Å². The van der Waals surface area contributed by atoms with Crippen molar-refractivity contribution in [1.82, 2.24) is 24.5 Å². The molecule has 5 rings (SSSR count). The summed E-state index contributed by atoms with van der Waals surface area (Å²) < 4.78 is 13.7. The lowest BCUT2D eigenvalue weighted by Crippen LogP contribution is -2.28. The van der Waals surface area contributed by atoms with E-state index in [0.29, 0.717) is 36.0 Å². The highest BCUT2D eigenvalue weighted by molar-refractivity contribution is 5.91. The van der Waals surface area contributed by atoms with Crippen LogP contribution >= 0.6 is 0 Å². The minimum atomic E-state index is -0.442. The Morgan fingerprint density at radius 3 is 2.59 bits per heavy atom. The van der Waals surface area contributed by atoms with E-state index in [0.717, 1.165) is 16.8 Å². The van der Waals surface area contributed by atoms with Crippen LogP contribution in [0.25, 0.3) is 16.9 Å². The highest BCUT2D eigenvalue weighted by Gasteiger charge is 2.16. The number of anilines is 1. The maximum atomic E-state index is 12.9. The van der Waals surface area contributed by atoms with Gasteiger partial charge in [-0.1, -0.05) is 11.3 Å². The number of nitrogens with zero attached hydrogens (tertiary/aromatic N) is 5. The second-order valence-electron chi connectivity index (χ2n) is 7.60. The Bertz CT molecular complexity index is 1390. The fourth-order valence-electron chi connectivity index (χ4n) is 3.68. The van der Waals surface area contributed by atoms with Crippen molar-refractivity contribution in [2.75, 3.05) is 18.5 Å². The molecule has 1 N–H and O–H groups in total. The number of carbonyl (C=O) groups excluding carboxylic acids is 1. The van der Waals surface area contributed by atoms with E-state index in [1.807, 2.05) is 32.0 Å². The molecule has 10 heteroatoms. The lowest BCUT2D eigenvalue weighted by atomic mass is 10.1. The predicted octanol–water partition coefficient (Wildman–Crippen LogP) is 2.00. The summed E-state index contributed by atoms with van der Waals surface area (Å²) in [5.41, 5.74) is 3.43. The highest BCUT2D eigenvalue weighted by Crippen LogP contribution is 2.32. The number of fused-ring (bicyclic) bond motifs is 2. The molecule has 0 atom stereocenters. The highest BCUT2D eigenvalue weighted by atomic mass is 16.6. The molecule has 32 heavy (non-hydrogen) atoms. The fourth-order valence-corrected chi connectivity index (χ4v) is 3.68. The minimum Gasteiger partial charge on any atom is -0.486 e. The van der Waals surface area contributed by atoms with Crippen LogP contribution in [0.1, 0.15) is 11.1 Å². The summed E-state index contributed by atoms with van der Waals surface area (Å²) in [7, 11) is 0. The first kappa shape index (κ1) is 19.7. The van der Waals surface area contributed by atoms with Crippen molar-refractivity contribution in [2.45, 2.75) is 20.4 Å². The summed E-state index contributed by atoms with van der Waals surface area (Å²) in [6.07, 6.45) is 1.33. The van der Waals surface area contributed by atoms with Crippen molar-refractivity contribution in [1.29, 1.82) is 0 Å². The monoisotopic (exact) mass is 432 g/mol. The Morgan fingerprint density at radius 1 is 1.06 bits per heavy atom. The Hall–Kier alpha value is -4.21. The molecule has 0 unspecified atom stereocenters. The van der Waals surface area contributed by atoms with E-state index in [2.05, 4.69) is 20.6 Å². The molecule has 2 aromatic carbocycles. The van der Waals surface area contributed by atoms with Crippen molar-refractivity contribution in [3.05, 3.63) is 64.2 Å². The first-order valence-electron chi connectivity index (χ1n) is 10.1. The molecule has 0 saturated heterocycles. The van der Waals surface area contributed by atoms with Crippen LogP contribution in [0.3, 0.4) is 0 Å². The summed E-state index contributed by atoms with van der Waals surface area (Å²) in [5.74, 6) is 0.816. The maximum absolute atomic E-state index is 12.9. The molecule has 4 aromatic rings. The molecule has 0 saturated carbocycles. The first-order chi connectivity index (χ1) is 15.5. The molecule has 10 nitrogen and oxygen atoms in total. The second kappa shape index (κ2) is 7.80. The SMILES string of the molecule is Cc1cc(C)cc(-n2nnc3c(=O)n(CC(=O)Nc4ccc5c(c4)OCCO5)cnc32)c1. The average molecular weight is 432 g/mol. The lowest BCUT2D eigenvalue weighted by molar-refractivity contribution is -0.116. The molecule has 0 aliphatic carbocycles. The second-order valence-corrected chi connectivity index (χ2v) is 7.60. The molecule has 2 aromatic heterocycles. The van der Waals surface area contributed by atoms with E-state index >= 15 is 0 Å². The van der Waals surface area contributed by atoms with Gasteiger partial charge in [0.05, 0.1) is 5.69 Å². The van der Waals surface area contributed by atoms with E-state index in [1.54, 1.807) is 18.2 Å². The van der Waals surface area contributed by atoms with Crippen LogP contribution in [0.15, 0.2) is 47.5 Å². The standard InChI is InChI=1S/C22H20N6O4/c1-13-7-14(2)9-16(8-13)28-21-20(25-26-28)22(30)27(12-23-21)11-19(29)24-15-3-4-17-18(10-15)32-6-5-31-17/h3-4,7-10,12H,5-6,11H2,1-2H3,(H,24,29). The molecule has 1 aliphatic rings. The summed E-state index contributed by atoms with van der Waals surface area (Å²) in [4.78, 5) is 29.7. The third-order valence-electron chi connectivity index (χ3n) is 5.02. The van der Waals surface area contributed by atoms with Crippen molar-refractivity contribution in [2.24, 2.45) is 0 Å². The Morgan fingerprint density at radius 2 is 1.81 bits per heavy atom. The summed E-state index contributed by atoms with van der Waals surface area (Å²) in [6, 6.07) is 11.1. The topological polar surface area (TPSA) is 113 Å². The minimum absolute atomic E-state index is 0.0961. The number of benzene rings is 2. The number of amides is 1. The van der Waals surface area contributed by atoms with Gasteiger partial charge in [-0.2, -0.15) is 4.68 Å². The smallest absolute Gasteiger partial charge is 0.284 e. The van der Waals surface area contributed by atoms with E-state index in [4.69, 9.17) is 9.47 Å². The van der Waals surface area contributed by atoms with Crippen molar-refractivity contribution in [3.8, 4) is 17.2 Å². The largest absolute Gasteiger partial charge is 0.486 e. The number of aromatic nitrogens is 5. The quantitative estimate of drug-likeness (QED) is 0.525. The molecule has 1 amide bonds. The first-order valence-corrected chi connectivity index (χ1v) is 10.1. The summed E-state index contributed by atoms with van der Waals surface area (Å²) in [5, 5.41) is 10.9. The Labute approximate surface area is 182 Å². The van der Waals surface area contributed by atoms with Crippen LogP contribution < -0.4 is 20.3 Å². The number of hydrogen-bond acceptors (Lipinski definition) is 7. The number of aryl methyl sites for hydroxylation is 2. The normalized spacial score (nSPS) is 12.7. The molecular formula is C22H20N6O4. The molecule has 3 heterocycles. The van der Waals surface area contributed by atoms with Crippen molar-refractivity contribution >= 4 is 22.8 Å². The van der Waals surface area contributed by atoms with Gasteiger partial charge in [-0.05, 0) is 49.2 Å². The Balaban J connectivity index is 1.39. The van der Waals surface area contributed by atoms with Gasteiger partial charge in [0.25, 0.3) is 5.56 Å². The van der Waals surface area contributed by atoms with Gasteiger partial charge in [-0.25, -0.2) is 4.98 Å². The third kappa shape index (κ3) is 3.66. The van der Waals surface area contributed by atoms with Gasteiger partial charge in [0.1, 0.15) is 26.1 Å². The zero-order valence-corrected chi connectivity index (χ0v) is 17.5. The van der Waals surface area contributed by atoms with Gasteiger partial charge in [-0.15, -0.1) is 5.10 Å². The molecular weight excluding hydrogens is 412 g/mol. The Kier molecular flexibility index (Phi) is 4.81. The zero-order valence-electron chi connectivity index (χ0n) is 17.5. The summed E-state index contributed by atoms with van der Waals surface area (Å²) in [6.45, 7) is 4.69. The van der Waals surface area contributed by atoms with Crippen LogP contribution in [0, 0.1) is 13.8 Å². The molecule has 0 spiro atoms. The molecule has 0 bridgehead atoms. The van der Waals surface area contributed by atoms with Crippen molar-refractivity contribution < 1.29 is 14.3 Å². The van der Waals surface area contributed by atoms with Gasteiger partial charge in [0, 0.05) is 11.8 Å². The molecule has 162 valence electrons. The number of hydrogen-bond donors (Lipinski definition) is 1. The zero-order chi connectivity index (χ0) is 22.2. The maximum Gasteiger partial charge on any atom is 0.284 e. The number of nitrogens with one attached hydrogen (secondary N) is 1. The lowest BCUT2D eigenvalue weighted by Gasteiger charge is -2.19. The third-order valence-corrected chi connectivity index (χ3v) is 5.02. The number of carbonyl (C=O) groups is 1. The summed E-state index contributed by atoms with van der Waals surface area (Å²) >= 11 is 0. The average Bonchev–Trinajstić information content (AvgIpc) is 3.20. The van der Waals surface area contributed by atoms with Gasteiger partial charge in [-0.3, -0.25) is 14.2 Å². The van der Waals surface area contributed by atoms with Gasteiger partial charge in [0.15, 0.2) is 22.7 Å².